The summed E-state index contributed by atoms with van der Waals surface area (Å²) in [6, 6.07) is -0.0406. The van der Waals surface area contributed by atoms with Gasteiger partial charge in [-0.15, -0.1) is 11.3 Å². The molecule has 0 amide bonds. The summed E-state index contributed by atoms with van der Waals surface area (Å²) in [5, 5.41) is 1.06. The van der Waals surface area contributed by atoms with Gasteiger partial charge in [0.05, 0.1) is 16.7 Å². The van der Waals surface area contributed by atoms with Crippen molar-refractivity contribution in [2.45, 2.75) is 19.9 Å². The molecule has 0 aliphatic rings. The van der Waals surface area contributed by atoms with E-state index in [2.05, 4.69) is 4.98 Å². The number of hydrogen-bond acceptors (Lipinski definition) is 4. The van der Waals surface area contributed by atoms with Gasteiger partial charge in [-0.25, -0.2) is 4.98 Å². The zero-order valence-corrected chi connectivity index (χ0v) is 7.61. The molecule has 62 valence electrons. The molecule has 0 fully saturated rings. The van der Waals surface area contributed by atoms with Crippen LogP contribution in [0.5, 0.6) is 0 Å². The lowest BCUT2D eigenvalue weighted by atomic mass is 10.2. The van der Waals surface area contributed by atoms with E-state index >= 15 is 0 Å². The van der Waals surface area contributed by atoms with Gasteiger partial charge in [0.1, 0.15) is 0 Å². The van der Waals surface area contributed by atoms with Crippen molar-refractivity contribution in [2.24, 2.45) is 11.5 Å². The molecule has 0 saturated carbocycles. The van der Waals surface area contributed by atoms with Crippen molar-refractivity contribution in [1.29, 1.82) is 0 Å². The number of rotatable bonds is 2. The van der Waals surface area contributed by atoms with Crippen LogP contribution in [-0.4, -0.2) is 11.5 Å². The van der Waals surface area contributed by atoms with Crippen LogP contribution < -0.4 is 11.5 Å². The largest absolute Gasteiger partial charge is 0.329 e. The standard InChI is InChI=1S/C7H13N3S/c1-4-7(6(9)3-8)11-5(2)10-4/h6H,3,8-9H2,1-2H3. The zero-order chi connectivity index (χ0) is 8.43. The fourth-order valence-electron chi connectivity index (χ4n) is 0.998. The van der Waals surface area contributed by atoms with Crippen LogP contribution in [0.1, 0.15) is 21.6 Å². The first kappa shape index (κ1) is 8.64. The summed E-state index contributed by atoms with van der Waals surface area (Å²) in [6.45, 7) is 4.43. The zero-order valence-electron chi connectivity index (χ0n) is 6.79. The molecule has 1 heterocycles. The van der Waals surface area contributed by atoms with Gasteiger partial charge in [-0.05, 0) is 13.8 Å². The Morgan fingerprint density at radius 2 is 2.18 bits per heavy atom. The van der Waals surface area contributed by atoms with E-state index in [4.69, 9.17) is 11.5 Å². The summed E-state index contributed by atoms with van der Waals surface area (Å²) in [7, 11) is 0. The van der Waals surface area contributed by atoms with E-state index in [0.717, 1.165) is 15.6 Å². The molecule has 3 nitrogen and oxygen atoms in total. The van der Waals surface area contributed by atoms with Crippen LogP contribution >= 0.6 is 11.3 Å². The molecule has 1 rings (SSSR count). The van der Waals surface area contributed by atoms with E-state index in [0.29, 0.717) is 6.54 Å². The molecular formula is C7H13N3S. The van der Waals surface area contributed by atoms with Crippen molar-refractivity contribution in [3.8, 4) is 0 Å². The van der Waals surface area contributed by atoms with Gasteiger partial charge in [0.2, 0.25) is 0 Å². The molecule has 0 aromatic carbocycles. The smallest absolute Gasteiger partial charge is 0.0900 e. The summed E-state index contributed by atoms with van der Waals surface area (Å²) in [5.74, 6) is 0. The first-order valence-electron chi connectivity index (χ1n) is 3.54. The Hall–Kier alpha value is -0.450. The molecule has 11 heavy (non-hydrogen) atoms. The third-order valence-corrected chi connectivity index (χ3v) is 2.73. The van der Waals surface area contributed by atoms with Crippen LogP contribution in [0.15, 0.2) is 0 Å². The molecule has 1 aromatic rings. The van der Waals surface area contributed by atoms with E-state index in [1.165, 1.54) is 0 Å². The second kappa shape index (κ2) is 3.30. The molecule has 1 unspecified atom stereocenters. The minimum Gasteiger partial charge on any atom is -0.329 e. The van der Waals surface area contributed by atoms with Gasteiger partial charge in [0, 0.05) is 11.4 Å². The van der Waals surface area contributed by atoms with Gasteiger partial charge in [-0.2, -0.15) is 0 Å². The molecule has 0 aliphatic heterocycles. The molecule has 4 heteroatoms. The normalized spacial score (nSPS) is 13.5. The molecule has 0 radical (unpaired) electrons. The van der Waals surface area contributed by atoms with Gasteiger partial charge in [0.15, 0.2) is 0 Å². The Morgan fingerprint density at radius 1 is 1.55 bits per heavy atom. The van der Waals surface area contributed by atoms with Gasteiger partial charge in [-0.1, -0.05) is 0 Å². The number of nitrogens with two attached hydrogens (primary N) is 2. The third-order valence-electron chi connectivity index (χ3n) is 1.53. The highest BCUT2D eigenvalue weighted by Crippen LogP contribution is 2.21. The van der Waals surface area contributed by atoms with E-state index in [9.17, 15) is 0 Å². The molecule has 4 N–H and O–H groups in total. The van der Waals surface area contributed by atoms with Gasteiger partial charge < -0.3 is 11.5 Å². The number of aryl methyl sites for hydroxylation is 2. The van der Waals surface area contributed by atoms with Crippen LogP contribution in [0, 0.1) is 13.8 Å². The lowest BCUT2D eigenvalue weighted by molar-refractivity contribution is 0.743. The molecule has 1 atom stereocenters. The quantitative estimate of drug-likeness (QED) is 0.689. The Balaban J connectivity index is 2.93. The maximum absolute atomic E-state index is 5.75. The topological polar surface area (TPSA) is 64.9 Å². The maximum Gasteiger partial charge on any atom is 0.0900 e. The minimum atomic E-state index is -0.0406. The first-order valence-corrected chi connectivity index (χ1v) is 4.36. The molecule has 1 aromatic heterocycles. The number of hydrogen-bond donors (Lipinski definition) is 2. The molecular weight excluding hydrogens is 158 g/mol. The summed E-state index contributed by atoms with van der Waals surface area (Å²) >= 11 is 1.63. The highest BCUT2D eigenvalue weighted by molar-refractivity contribution is 7.11. The van der Waals surface area contributed by atoms with E-state index in [-0.39, 0.29) is 6.04 Å². The van der Waals surface area contributed by atoms with Crippen LogP contribution in [0.3, 0.4) is 0 Å². The number of nitrogens with zero attached hydrogens (tertiary/aromatic N) is 1. The van der Waals surface area contributed by atoms with Crippen LogP contribution in [0.25, 0.3) is 0 Å². The van der Waals surface area contributed by atoms with E-state index < -0.39 is 0 Å². The monoisotopic (exact) mass is 171 g/mol. The van der Waals surface area contributed by atoms with E-state index in [1.54, 1.807) is 11.3 Å². The van der Waals surface area contributed by atoms with Gasteiger partial charge in [-0.3, -0.25) is 0 Å². The molecule has 0 saturated heterocycles. The lowest BCUT2D eigenvalue weighted by Crippen LogP contribution is -2.20. The predicted molar refractivity (Wildman–Crippen MR) is 47.6 cm³/mol. The second-order valence-corrected chi connectivity index (χ2v) is 3.76. The van der Waals surface area contributed by atoms with Crippen molar-refractivity contribution < 1.29 is 0 Å². The Labute approximate surface area is 70.4 Å². The highest BCUT2D eigenvalue weighted by Gasteiger charge is 2.10. The van der Waals surface area contributed by atoms with Crippen molar-refractivity contribution in [1.82, 2.24) is 4.98 Å². The SMILES string of the molecule is Cc1nc(C)c(C(N)CN)s1. The fraction of sp³-hybridized carbons (Fsp3) is 0.571. The lowest BCUT2D eigenvalue weighted by Gasteiger charge is -2.04. The molecule has 0 bridgehead atoms. The van der Waals surface area contributed by atoms with Crippen molar-refractivity contribution >= 4 is 11.3 Å². The van der Waals surface area contributed by atoms with Crippen molar-refractivity contribution in [3.63, 3.8) is 0 Å². The van der Waals surface area contributed by atoms with E-state index in [1.807, 2.05) is 13.8 Å². The summed E-state index contributed by atoms with van der Waals surface area (Å²) in [5.41, 5.74) is 12.2. The Kier molecular flexibility index (Phi) is 2.59. The summed E-state index contributed by atoms with van der Waals surface area (Å²) in [6.07, 6.45) is 0. The van der Waals surface area contributed by atoms with Crippen LogP contribution in [0.4, 0.5) is 0 Å². The highest BCUT2D eigenvalue weighted by atomic mass is 32.1. The van der Waals surface area contributed by atoms with Gasteiger partial charge >= 0.3 is 0 Å². The average molecular weight is 171 g/mol. The van der Waals surface area contributed by atoms with Crippen LogP contribution in [0.2, 0.25) is 0 Å². The Morgan fingerprint density at radius 3 is 2.55 bits per heavy atom. The summed E-state index contributed by atoms with van der Waals surface area (Å²) in [4.78, 5) is 5.38. The van der Waals surface area contributed by atoms with Crippen LogP contribution in [-0.2, 0) is 0 Å². The van der Waals surface area contributed by atoms with Gasteiger partial charge in [0.25, 0.3) is 0 Å². The second-order valence-electron chi connectivity index (χ2n) is 2.52. The molecule has 0 aliphatic carbocycles. The third kappa shape index (κ3) is 1.77. The molecule has 0 spiro atoms. The maximum atomic E-state index is 5.75. The Bertz CT molecular complexity index is 244. The average Bonchev–Trinajstić information content (AvgIpc) is 2.28. The number of thiazole rings is 1. The minimum absolute atomic E-state index is 0.0406. The first-order chi connectivity index (χ1) is 5.15. The number of aromatic nitrogens is 1. The predicted octanol–water partition coefficient (Wildman–Crippen LogP) is 0.718. The van der Waals surface area contributed by atoms with Crippen molar-refractivity contribution in [2.75, 3.05) is 6.54 Å². The van der Waals surface area contributed by atoms with Crippen molar-refractivity contribution in [3.05, 3.63) is 15.6 Å². The summed E-state index contributed by atoms with van der Waals surface area (Å²) < 4.78 is 0. The fourth-order valence-corrected chi connectivity index (χ4v) is 1.94.